The molecule has 0 aliphatic carbocycles. The molecule has 2 unspecified atom stereocenters. The van der Waals surface area contributed by atoms with E-state index >= 15 is 0 Å². The molecule has 0 spiro atoms. The SMILES string of the molecule is O=S(=O)([O-])C1CCC[S+]1CCc1ccccc1. The van der Waals surface area contributed by atoms with Crippen LogP contribution < -0.4 is 0 Å². The molecule has 2 rings (SSSR count). The van der Waals surface area contributed by atoms with Gasteiger partial charge in [0.25, 0.3) is 0 Å². The molecular formula is C12H16O3S2. The number of hydrogen-bond donors (Lipinski definition) is 0. The van der Waals surface area contributed by atoms with Crippen molar-refractivity contribution in [3.63, 3.8) is 0 Å². The lowest BCUT2D eigenvalue weighted by Gasteiger charge is -2.15. The minimum absolute atomic E-state index is 0.236. The van der Waals surface area contributed by atoms with Gasteiger partial charge in [-0.3, -0.25) is 0 Å². The third-order valence-corrected chi connectivity index (χ3v) is 7.96. The van der Waals surface area contributed by atoms with Crippen molar-refractivity contribution in [1.82, 2.24) is 0 Å². The zero-order chi connectivity index (χ0) is 12.3. The largest absolute Gasteiger partial charge is 0.744 e. The Bertz CT molecular complexity index is 456. The van der Waals surface area contributed by atoms with Gasteiger partial charge in [-0.1, -0.05) is 30.3 Å². The smallest absolute Gasteiger partial charge is 0.205 e. The van der Waals surface area contributed by atoms with Crippen LogP contribution in [0, 0.1) is 0 Å². The maximum atomic E-state index is 11.1. The second kappa shape index (κ2) is 5.42. The summed E-state index contributed by atoms with van der Waals surface area (Å²) in [5.74, 6) is 1.73. The van der Waals surface area contributed by atoms with Crippen molar-refractivity contribution in [1.29, 1.82) is 0 Å². The lowest BCUT2D eigenvalue weighted by Crippen LogP contribution is -2.29. The molecule has 1 saturated heterocycles. The zero-order valence-electron chi connectivity index (χ0n) is 9.54. The average molecular weight is 272 g/mol. The van der Waals surface area contributed by atoms with E-state index in [1.54, 1.807) is 0 Å². The van der Waals surface area contributed by atoms with Crippen LogP contribution in [0.25, 0.3) is 0 Å². The minimum Gasteiger partial charge on any atom is -0.744 e. The van der Waals surface area contributed by atoms with Gasteiger partial charge in [0.1, 0.15) is 21.6 Å². The first kappa shape index (κ1) is 12.9. The Morgan fingerprint density at radius 1 is 1.29 bits per heavy atom. The predicted octanol–water partition coefficient (Wildman–Crippen LogP) is 1.51. The monoisotopic (exact) mass is 272 g/mol. The minimum atomic E-state index is -4.09. The Morgan fingerprint density at radius 3 is 2.65 bits per heavy atom. The van der Waals surface area contributed by atoms with E-state index in [4.69, 9.17) is 0 Å². The Morgan fingerprint density at radius 2 is 2.00 bits per heavy atom. The number of rotatable bonds is 4. The molecule has 1 fully saturated rings. The van der Waals surface area contributed by atoms with Gasteiger partial charge in [-0.2, -0.15) is 0 Å². The van der Waals surface area contributed by atoms with Crippen LogP contribution in [0.1, 0.15) is 18.4 Å². The van der Waals surface area contributed by atoms with Gasteiger partial charge in [0.05, 0.1) is 0 Å². The molecule has 1 aromatic rings. The van der Waals surface area contributed by atoms with Crippen LogP contribution in [0.5, 0.6) is 0 Å². The van der Waals surface area contributed by atoms with E-state index in [1.807, 2.05) is 30.3 Å². The highest BCUT2D eigenvalue weighted by molar-refractivity contribution is 8.10. The van der Waals surface area contributed by atoms with Gasteiger partial charge in [-0.15, -0.1) is 0 Å². The van der Waals surface area contributed by atoms with Gasteiger partial charge >= 0.3 is 0 Å². The van der Waals surface area contributed by atoms with E-state index in [1.165, 1.54) is 5.56 Å². The van der Waals surface area contributed by atoms with E-state index in [0.717, 1.165) is 24.3 Å². The van der Waals surface area contributed by atoms with Crippen molar-refractivity contribution in [3.05, 3.63) is 35.9 Å². The molecule has 1 aliphatic rings. The molecular weight excluding hydrogens is 256 g/mol. The molecule has 1 aromatic carbocycles. The summed E-state index contributed by atoms with van der Waals surface area (Å²) in [6.07, 6.45) is 2.31. The molecule has 0 bridgehead atoms. The standard InChI is InChI=1S/C12H16O3S2/c13-17(14,15)12-7-4-9-16(12)10-8-11-5-2-1-3-6-11/h1-3,5-6,12H,4,7-10H2. The Balaban J connectivity index is 1.95. The molecule has 3 nitrogen and oxygen atoms in total. The highest BCUT2D eigenvalue weighted by atomic mass is 32.3. The van der Waals surface area contributed by atoms with Crippen LogP contribution in [0.4, 0.5) is 0 Å². The average Bonchev–Trinajstić information content (AvgIpc) is 2.75. The molecule has 0 aromatic heterocycles. The fraction of sp³-hybridized carbons (Fsp3) is 0.500. The first-order valence-electron chi connectivity index (χ1n) is 5.72. The fourth-order valence-corrected chi connectivity index (χ4v) is 6.80. The number of benzene rings is 1. The molecule has 1 aliphatic heterocycles. The van der Waals surface area contributed by atoms with Crippen molar-refractivity contribution in [2.75, 3.05) is 11.5 Å². The normalized spacial score (nSPS) is 25.0. The second-order valence-corrected chi connectivity index (χ2v) is 8.56. The highest BCUT2D eigenvalue weighted by Gasteiger charge is 2.40. The van der Waals surface area contributed by atoms with E-state index in [2.05, 4.69) is 0 Å². The van der Waals surface area contributed by atoms with Crippen LogP contribution in [0.3, 0.4) is 0 Å². The van der Waals surface area contributed by atoms with Crippen molar-refractivity contribution < 1.29 is 13.0 Å². The van der Waals surface area contributed by atoms with Crippen LogP contribution in [-0.4, -0.2) is 29.1 Å². The van der Waals surface area contributed by atoms with Crippen LogP contribution >= 0.6 is 0 Å². The van der Waals surface area contributed by atoms with E-state index < -0.39 is 14.7 Å². The summed E-state index contributed by atoms with van der Waals surface area (Å²) in [4.78, 5) is 0. The Hall–Kier alpha value is -0.520. The fourth-order valence-electron chi connectivity index (χ4n) is 2.17. The first-order valence-corrected chi connectivity index (χ1v) is 8.82. The molecule has 1 heterocycles. The predicted molar refractivity (Wildman–Crippen MR) is 70.0 cm³/mol. The maximum absolute atomic E-state index is 11.1. The summed E-state index contributed by atoms with van der Waals surface area (Å²) < 4.78 is 32.7. The quantitative estimate of drug-likeness (QED) is 0.616. The van der Waals surface area contributed by atoms with Crippen LogP contribution in [0.15, 0.2) is 30.3 Å². The first-order chi connectivity index (χ1) is 8.07. The molecule has 0 saturated carbocycles. The summed E-state index contributed by atoms with van der Waals surface area (Å²) in [6.45, 7) is 0. The van der Waals surface area contributed by atoms with Crippen molar-refractivity contribution in [2.24, 2.45) is 0 Å². The summed E-state index contributed by atoms with van der Waals surface area (Å²) in [5.41, 5.74) is 1.22. The topological polar surface area (TPSA) is 57.2 Å². The van der Waals surface area contributed by atoms with Crippen LogP contribution in [0.2, 0.25) is 0 Å². The van der Waals surface area contributed by atoms with Gasteiger partial charge in [-0.05, 0) is 12.0 Å². The molecule has 5 heteroatoms. The maximum Gasteiger partial charge on any atom is 0.205 e. The third kappa shape index (κ3) is 3.47. The second-order valence-electron chi connectivity index (χ2n) is 4.25. The van der Waals surface area contributed by atoms with Crippen molar-refractivity contribution in [2.45, 2.75) is 23.8 Å². The van der Waals surface area contributed by atoms with Gasteiger partial charge < -0.3 is 4.55 Å². The molecule has 94 valence electrons. The van der Waals surface area contributed by atoms with Crippen LogP contribution in [-0.2, 0) is 27.4 Å². The summed E-state index contributed by atoms with van der Waals surface area (Å²) >= 11 is 0. The summed E-state index contributed by atoms with van der Waals surface area (Å²) in [7, 11) is -4.33. The van der Waals surface area contributed by atoms with Gasteiger partial charge in [0, 0.05) is 23.7 Å². The Kier molecular flexibility index (Phi) is 4.12. The molecule has 0 radical (unpaired) electrons. The summed E-state index contributed by atoms with van der Waals surface area (Å²) in [6, 6.07) is 10.0. The zero-order valence-corrected chi connectivity index (χ0v) is 11.2. The van der Waals surface area contributed by atoms with E-state index in [9.17, 15) is 13.0 Å². The molecule has 0 amide bonds. The van der Waals surface area contributed by atoms with E-state index in [-0.39, 0.29) is 10.9 Å². The van der Waals surface area contributed by atoms with Gasteiger partial charge in [0.15, 0.2) is 0 Å². The molecule has 2 atom stereocenters. The molecule has 17 heavy (non-hydrogen) atoms. The van der Waals surface area contributed by atoms with E-state index in [0.29, 0.717) is 6.42 Å². The highest BCUT2D eigenvalue weighted by Crippen LogP contribution is 2.27. The van der Waals surface area contributed by atoms with Gasteiger partial charge in [0.2, 0.25) is 4.58 Å². The number of aryl methyl sites for hydroxylation is 1. The lowest BCUT2D eigenvalue weighted by atomic mass is 10.2. The third-order valence-electron chi connectivity index (χ3n) is 3.04. The summed E-state index contributed by atoms with van der Waals surface area (Å²) in [5, 5.41) is 0. The van der Waals surface area contributed by atoms with Crippen molar-refractivity contribution >= 4 is 21.0 Å². The van der Waals surface area contributed by atoms with Crippen molar-refractivity contribution in [3.8, 4) is 0 Å². The number of hydrogen-bond acceptors (Lipinski definition) is 3. The van der Waals surface area contributed by atoms with Gasteiger partial charge in [-0.25, -0.2) is 8.42 Å². The lowest BCUT2D eigenvalue weighted by molar-refractivity contribution is 0.458. The Labute approximate surface area is 105 Å². The molecule has 0 N–H and O–H groups in total.